The van der Waals surface area contributed by atoms with Gasteiger partial charge in [-0.05, 0) is 44.5 Å². The molecule has 2 heterocycles. The molecule has 1 aromatic heterocycles. The molecule has 3 rings (SSSR count). The van der Waals surface area contributed by atoms with Gasteiger partial charge in [-0.3, -0.25) is 0 Å². The van der Waals surface area contributed by atoms with Crippen LogP contribution < -0.4 is 5.32 Å². The molecule has 1 atom stereocenters. The highest BCUT2D eigenvalue weighted by atomic mass is 15.0. The Hall–Kier alpha value is -1.28. The SMILES string of the molecule is Cc1ccc2[nH]c3c(c2c1)CCN[C@H]3C. The summed E-state index contributed by atoms with van der Waals surface area (Å²) in [6.07, 6.45) is 1.14. The Kier molecular flexibility index (Phi) is 1.86. The first-order chi connectivity index (χ1) is 7.25. The van der Waals surface area contributed by atoms with E-state index in [1.165, 1.54) is 27.7 Å². The quantitative estimate of drug-likeness (QED) is 0.672. The van der Waals surface area contributed by atoms with E-state index in [1.54, 1.807) is 0 Å². The molecule has 1 aliphatic rings. The molecule has 0 bridgehead atoms. The van der Waals surface area contributed by atoms with Crippen molar-refractivity contribution in [2.24, 2.45) is 0 Å². The zero-order valence-electron chi connectivity index (χ0n) is 9.22. The number of aryl methyl sites for hydroxylation is 1. The van der Waals surface area contributed by atoms with Crippen molar-refractivity contribution in [1.82, 2.24) is 10.3 Å². The molecule has 78 valence electrons. The van der Waals surface area contributed by atoms with Crippen LogP contribution in [0.3, 0.4) is 0 Å². The van der Waals surface area contributed by atoms with Gasteiger partial charge in [0.25, 0.3) is 0 Å². The van der Waals surface area contributed by atoms with Gasteiger partial charge < -0.3 is 10.3 Å². The molecule has 2 nitrogen and oxygen atoms in total. The predicted molar refractivity (Wildman–Crippen MR) is 63.2 cm³/mol. The van der Waals surface area contributed by atoms with E-state index < -0.39 is 0 Å². The Bertz CT molecular complexity index is 510. The second kappa shape index (κ2) is 3.11. The van der Waals surface area contributed by atoms with Crippen LogP contribution in [0.15, 0.2) is 18.2 Å². The minimum atomic E-state index is 0.460. The number of benzene rings is 1. The van der Waals surface area contributed by atoms with E-state index in [0.29, 0.717) is 6.04 Å². The van der Waals surface area contributed by atoms with Crippen LogP contribution in [0.4, 0.5) is 0 Å². The molecule has 1 aliphatic heterocycles. The first-order valence-corrected chi connectivity index (χ1v) is 5.60. The standard InChI is InChI=1S/C13H16N2/c1-8-3-4-12-11(7-8)10-5-6-14-9(2)13(10)15-12/h3-4,7,9,14-15H,5-6H2,1-2H3/t9-/m0/s1. The molecular weight excluding hydrogens is 184 g/mol. The molecule has 0 saturated heterocycles. The van der Waals surface area contributed by atoms with E-state index in [9.17, 15) is 0 Å². The second-order valence-corrected chi connectivity index (χ2v) is 4.49. The molecule has 0 radical (unpaired) electrons. The number of nitrogens with one attached hydrogen (secondary N) is 2. The van der Waals surface area contributed by atoms with Gasteiger partial charge in [0.15, 0.2) is 0 Å². The van der Waals surface area contributed by atoms with E-state index in [4.69, 9.17) is 0 Å². The lowest BCUT2D eigenvalue weighted by Crippen LogP contribution is -2.27. The molecule has 15 heavy (non-hydrogen) atoms. The summed E-state index contributed by atoms with van der Waals surface area (Å²) in [5.74, 6) is 0. The molecule has 0 aliphatic carbocycles. The molecule has 0 saturated carbocycles. The highest BCUT2D eigenvalue weighted by Gasteiger charge is 2.19. The van der Waals surface area contributed by atoms with Crippen LogP contribution in [-0.2, 0) is 6.42 Å². The van der Waals surface area contributed by atoms with Crippen molar-refractivity contribution in [1.29, 1.82) is 0 Å². The molecular formula is C13H16N2. The van der Waals surface area contributed by atoms with Gasteiger partial charge in [-0.15, -0.1) is 0 Å². The van der Waals surface area contributed by atoms with Gasteiger partial charge in [-0.2, -0.15) is 0 Å². The number of aromatic amines is 1. The lowest BCUT2D eigenvalue weighted by molar-refractivity contribution is 0.533. The first-order valence-electron chi connectivity index (χ1n) is 5.60. The molecule has 2 N–H and O–H groups in total. The van der Waals surface area contributed by atoms with Crippen molar-refractivity contribution in [3.05, 3.63) is 35.0 Å². The largest absolute Gasteiger partial charge is 0.357 e. The van der Waals surface area contributed by atoms with Gasteiger partial charge >= 0.3 is 0 Å². The summed E-state index contributed by atoms with van der Waals surface area (Å²) in [7, 11) is 0. The monoisotopic (exact) mass is 200 g/mol. The minimum absolute atomic E-state index is 0.460. The average molecular weight is 200 g/mol. The van der Waals surface area contributed by atoms with Crippen LogP contribution in [-0.4, -0.2) is 11.5 Å². The maximum atomic E-state index is 3.53. The number of aromatic nitrogens is 1. The minimum Gasteiger partial charge on any atom is -0.357 e. The summed E-state index contributed by atoms with van der Waals surface area (Å²) in [5, 5.41) is 4.90. The summed E-state index contributed by atoms with van der Waals surface area (Å²) in [4.78, 5) is 3.53. The Morgan fingerprint density at radius 3 is 3.07 bits per heavy atom. The Balaban J connectivity index is 2.31. The number of hydrogen-bond donors (Lipinski definition) is 2. The van der Waals surface area contributed by atoms with E-state index in [2.05, 4.69) is 42.3 Å². The van der Waals surface area contributed by atoms with Crippen LogP contribution >= 0.6 is 0 Å². The van der Waals surface area contributed by atoms with Crippen LogP contribution in [0.5, 0.6) is 0 Å². The number of fused-ring (bicyclic) bond motifs is 3. The average Bonchev–Trinajstić information content (AvgIpc) is 2.58. The summed E-state index contributed by atoms with van der Waals surface area (Å²) in [5.41, 5.74) is 5.51. The maximum absolute atomic E-state index is 3.53. The first kappa shape index (κ1) is 8.98. The zero-order valence-corrected chi connectivity index (χ0v) is 9.22. The van der Waals surface area contributed by atoms with Crippen molar-refractivity contribution in [3.8, 4) is 0 Å². The third-order valence-corrected chi connectivity index (χ3v) is 3.35. The van der Waals surface area contributed by atoms with E-state index >= 15 is 0 Å². The third kappa shape index (κ3) is 1.29. The summed E-state index contributed by atoms with van der Waals surface area (Å²) in [6.45, 7) is 5.47. The van der Waals surface area contributed by atoms with Gasteiger partial charge in [0.1, 0.15) is 0 Å². The van der Waals surface area contributed by atoms with Crippen molar-refractivity contribution in [2.75, 3.05) is 6.54 Å². The maximum Gasteiger partial charge on any atom is 0.0459 e. The molecule has 0 unspecified atom stereocenters. The smallest absolute Gasteiger partial charge is 0.0459 e. The van der Waals surface area contributed by atoms with Crippen LogP contribution in [0.2, 0.25) is 0 Å². The molecule has 2 heteroatoms. The van der Waals surface area contributed by atoms with Crippen LogP contribution in [0.1, 0.15) is 29.8 Å². The van der Waals surface area contributed by atoms with E-state index in [1.807, 2.05) is 0 Å². The fourth-order valence-electron chi connectivity index (χ4n) is 2.54. The van der Waals surface area contributed by atoms with E-state index in [0.717, 1.165) is 13.0 Å². The lowest BCUT2D eigenvalue weighted by Gasteiger charge is -2.20. The summed E-state index contributed by atoms with van der Waals surface area (Å²) in [6, 6.07) is 7.11. The molecule has 0 amide bonds. The van der Waals surface area contributed by atoms with Crippen molar-refractivity contribution < 1.29 is 0 Å². The number of rotatable bonds is 0. The van der Waals surface area contributed by atoms with Gasteiger partial charge in [0, 0.05) is 22.6 Å². The van der Waals surface area contributed by atoms with Gasteiger partial charge in [0.05, 0.1) is 0 Å². The topological polar surface area (TPSA) is 27.8 Å². The Morgan fingerprint density at radius 2 is 2.20 bits per heavy atom. The number of hydrogen-bond acceptors (Lipinski definition) is 1. The predicted octanol–water partition coefficient (Wildman–Crippen LogP) is 2.68. The highest BCUT2D eigenvalue weighted by molar-refractivity contribution is 5.85. The Labute approximate surface area is 89.7 Å². The fraction of sp³-hybridized carbons (Fsp3) is 0.385. The lowest BCUT2D eigenvalue weighted by atomic mass is 9.99. The summed E-state index contributed by atoms with van der Waals surface area (Å²) >= 11 is 0. The molecule has 0 spiro atoms. The van der Waals surface area contributed by atoms with Crippen LogP contribution in [0, 0.1) is 6.92 Å². The van der Waals surface area contributed by atoms with Crippen molar-refractivity contribution in [2.45, 2.75) is 26.3 Å². The normalized spacial score (nSPS) is 20.5. The van der Waals surface area contributed by atoms with Gasteiger partial charge in [-0.25, -0.2) is 0 Å². The fourth-order valence-corrected chi connectivity index (χ4v) is 2.54. The molecule has 2 aromatic rings. The zero-order chi connectivity index (χ0) is 10.4. The molecule has 0 fully saturated rings. The molecule has 1 aromatic carbocycles. The second-order valence-electron chi connectivity index (χ2n) is 4.49. The Morgan fingerprint density at radius 1 is 1.33 bits per heavy atom. The van der Waals surface area contributed by atoms with E-state index in [-0.39, 0.29) is 0 Å². The van der Waals surface area contributed by atoms with Crippen molar-refractivity contribution in [3.63, 3.8) is 0 Å². The number of H-pyrrole nitrogens is 1. The van der Waals surface area contributed by atoms with Gasteiger partial charge in [0.2, 0.25) is 0 Å². The van der Waals surface area contributed by atoms with Crippen molar-refractivity contribution >= 4 is 10.9 Å². The highest BCUT2D eigenvalue weighted by Crippen LogP contribution is 2.30. The third-order valence-electron chi connectivity index (χ3n) is 3.35. The summed E-state index contributed by atoms with van der Waals surface area (Å²) < 4.78 is 0. The van der Waals surface area contributed by atoms with Crippen LogP contribution in [0.25, 0.3) is 10.9 Å². The van der Waals surface area contributed by atoms with Gasteiger partial charge in [-0.1, -0.05) is 11.6 Å².